The minimum atomic E-state index is -0.267. The van der Waals surface area contributed by atoms with Crippen molar-refractivity contribution in [2.45, 2.75) is 46.1 Å². The smallest absolute Gasteiger partial charge is 0.271 e. The lowest BCUT2D eigenvalue weighted by Crippen LogP contribution is -2.30. The average molecular weight is 295 g/mol. The Bertz CT molecular complexity index is 499. The molecule has 0 saturated heterocycles. The number of amides is 1. The molecule has 0 aromatic carbocycles. The van der Waals surface area contributed by atoms with E-state index in [0.717, 1.165) is 25.7 Å². The molecule has 6 heteroatoms. The van der Waals surface area contributed by atoms with Gasteiger partial charge in [0.05, 0.1) is 0 Å². The van der Waals surface area contributed by atoms with Crippen LogP contribution in [0.25, 0.3) is 0 Å². The van der Waals surface area contributed by atoms with Crippen LogP contribution in [0, 0.1) is 5.92 Å². The minimum absolute atomic E-state index is 0.165. The average Bonchev–Trinajstić information content (AvgIpc) is 2.50. The number of rotatable bonds is 9. The topological polar surface area (TPSA) is 84.2 Å². The van der Waals surface area contributed by atoms with E-state index in [0.29, 0.717) is 13.1 Å². The zero-order chi connectivity index (χ0) is 15.7. The number of nitrogens with one attached hydrogen (secondary N) is 1. The van der Waals surface area contributed by atoms with Crippen molar-refractivity contribution < 1.29 is 9.90 Å². The second-order valence-corrected chi connectivity index (χ2v) is 5.32. The Kier molecular flexibility index (Phi) is 7.68. The zero-order valence-electron chi connectivity index (χ0n) is 12.8. The van der Waals surface area contributed by atoms with Gasteiger partial charge in [-0.2, -0.15) is 5.10 Å². The number of aromatic nitrogens is 2. The summed E-state index contributed by atoms with van der Waals surface area (Å²) in [5.74, 6) is -0.0205. The van der Waals surface area contributed by atoms with Gasteiger partial charge in [-0.15, -0.1) is 0 Å². The minimum Gasteiger partial charge on any atom is -0.396 e. The molecule has 1 aromatic heterocycles. The van der Waals surface area contributed by atoms with Crippen LogP contribution in [-0.4, -0.2) is 33.9 Å². The van der Waals surface area contributed by atoms with Gasteiger partial charge in [-0.1, -0.05) is 20.3 Å². The first-order chi connectivity index (χ1) is 10.1. The molecule has 1 aromatic rings. The molecular formula is C15H25N3O3. The van der Waals surface area contributed by atoms with E-state index in [1.807, 2.05) is 13.8 Å². The fourth-order valence-electron chi connectivity index (χ4n) is 1.87. The van der Waals surface area contributed by atoms with Gasteiger partial charge in [0.1, 0.15) is 5.69 Å². The molecule has 0 saturated carbocycles. The predicted molar refractivity (Wildman–Crippen MR) is 81.2 cm³/mol. The first-order valence-corrected chi connectivity index (χ1v) is 7.55. The molecule has 0 fully saturated rings. The molecule has 1 atom stereocenters. The monoisotopic (exact) mass is 295 g/mol. The summed E-state index contributed by atoms with van der Waals surface area (Å²) in [4.78, 5) is 23.6. The van der Waals surface area contributed by atoms with E-state index in [-0.39, 0.29) is 29.7 Å². The van der Waals surface area contributed by atoms with Gasteiger partial charge in [-0.05, 0) is 31.2 Å². The van der Waals surface area contributed by atoms with E-state index in [9.17, 15) is 9.59 Å². The highest BCUT2D eigenvalue weighted by Crippen LogP contribution is 2.03. The van der Waals surface area contributed by atoms with E-state index in [1.165, 1.54) is 16.8 Å². The van der Waals surface area contributed by atoms with Gasteiger partial charge in [0.15, 0.2) is 0 Å². The van der Waals surface area contributed by atoms with E-state index < -0.39 is 0 Å². The summed E-state index contributed by atoms with van der Waals surface area (Å²) >= 11 is 0. The van der Waals surface area contributed by atoms with E-state index >= 15 is 0 Å². The Hall–Kier alpha value is -1.69. The second kappa shape index (κ2) is 9.28. The van der Waals surface area contributed by atoms with Gasteiger partial charge in [0.25, 0.3) is 11.5 Å². The number of aliphatic hydroxyl groups is 1. The Balaban J connectivity index is 2.52. The molecule has 0 radical (unpaired) electrons. The van der Waals surface area contributed by atoms with Crippen molar-refractivity contribution >= 4 is 5.91 Å². The van der Waals surface area contributed by atoms with Gasteiger partial charge in [-0.3, -0.25) is 9.59 Å². The van der Waals surface area contributed by atoms with Gasteiger partial charge in [0, 0.05) is 25.8 Å². The first kappa shape index (κ1) is 17.4. The number of carbonyl (C=O) groups excluding carboxylic acids is 1. The largest absolute Gasteiger partial charge is 0.396 e. The van der Waals surface area contributed by atoms with Crippen LogP contribution in [0.5, 0.6) is 0 Å². The zero-order valence-corrected chi connectivity index (χ0v) is 12.8. The lowest BCUT2D eigenvalue weighted by Gasteiger charge is -2.09. The van der Waals surface area contributed by atoms with E-state index in [2.05, 4.69) is 10.4 Å². The Morgan fingerprint density at radius 2 is 2.19 bits per heavy atom. The van der Waals surface area contributed by atoms with Crippen molar-refractivity contribution in [2.24, 2.45) is 5.92 Å². The summed E-state index contributed by atoms with van der Waals surface area (Å²) in [6.07, 6.45) is 3.49. The van der Waals surface area contributed by atoms with Crippen LogP contribution < -0.4 is 10.9 Å². The molecule has 1 unspecified atom stereocenters. The van der Waals surface area contributed by atoms with Crippen molar-refractivity contribution in [2.75, 3.05) is 13.2 Å². The van der Waals surface area contributed by atoms with Crippen molar-refractivity contribution in [3.05, 3.63) is 28.2 Å². The molecule has 0 spiro atoms. The van der Waals surface area contributed by atoms with Crippen LogP contribution in [0.2, 0.25) is 0 Å². The summed E-state index contributed by atoms with van der Waals surface area (Å²) in [7, 11) is 0. The molecule has 1 amide bonds. The molecule has 0 bridgehead atoms. The normalized spacial score (nSPS) is 12.1. The third kappa shape index (κ3) is 6.08. The lowest BCUT2D eigenvalue weighted by atomic mass is 10.1. The number of carbonyl (C=O) groups is 1. The van der Waals surface area contributed by atoms with Crippen LogP contribution in [0.3, 0.4) is 0 Å². The fraction of sp³-hybridized carbons (Fsp3) is 0.667. The number of hydrogen-bond donors (Lipinski definition) is 2. The summed E-state index contributed by atoms with van der Waals surface area (Å²) in [6, 6.07) is 2.84. The number of unbranched alkanes of at least 4 members (excludes halogenated alkanes) is 1. The van der Waals surface area contributed by atoms with E-state index in [1.54, 1.807) is 0 Å². The molecule has 118 valence electrons. The summed E-state index contributed by atoms with van der Waals surface area (Å²) < 4.78 is 1.34. The Morgan fingerprint density at radius 3 is 2.86 bits per heavy atom. The quantitative estimate of drug-likeness (QED) is 0.670. The highest BCUT2D eigenvalue weighted by molar-refractivity contribution is 5.91. The highest BCUT2D eigenvalue weighted by Gasteiger charge is 2.09. The molecular weight excluding hydrogens is 270 g/mol. The number of hydrogen-bond acceptors (Lipinski definition) is 4. The Morgan fingerprint density at radius 1 is 1.43 bits per heavy atom. The van der Waals surface area contributed by atoms with Gasteiger partial charge < -0.3 is 10.4 Å². The first-order valence-electron chi connectivity index (χ1n) is 7.55. The molecule has 21 heavy (non-hydrogen) atoms. The Labute approximate surface area is 125 Å². The highest BCUT2D eigenvalue weighted by atomic mass is 16.3. The van der Waals surface area contributed by atoms with E-state index in [4.69, 9.17) is 5.11 Å². The van der Waals surface area contributed by atoms with Crippen LogP contribution in [0.15, 0.2) is 16.9 Å². The lowest BCUT2D eigenvalue weighted by molar-refractivity contribution is 0.0944. The van der Waals surface area contributed by atoms with Crippen molar-refractivity contribution in [3.63, 3.8) is 0 Å². The van der Waals surface area contributed by atoms with Gasteiger partial charge in [-0.25, -0.2) is 4.68 Å². The van der Waals surface area contributed by atoms with Crippen LogP contribution >= 0.6 is 0 Å². The molecule has 1 rings (SSSR count). The molecule has 0 aliphatic heterocycles. The maximum Gasteiger partial charge on any atom is 0.271 e. The second-order valence-electron chi connectivity index (χ2n) is 5.32. The third-order valence-electron chi connectivity index (χ3n) is 3.29. The number of aryl methyl sites for hydroxylation is 1. The van der Waals surface area contributed by atoms with Gasteiger partial charge >= 0.3 is 0 Å². The van der Waals surface area contributed by atoms with Crippen molar-refractivity contribution in [1.82, 2.24) is 15.1 Å². The standard InChI is InChI=1S/C15H25N3O3/c1-3-4-10-18-14(20)8-7-13(17-18)15(21)16-9-5-6-12(2)11-19/h7-8,12,19H,3-6,9-11H2,1-2H3,(H,16,21). The van der Waals surface area contributed by atoms with Gasteiger partial charge in [0.2, 0.25) is 0 Å². The number of aliphatic hydroxyl groups excluding tert-OH is 1. The predicted octanol–water partition coefficient (Wildman–Crippen LogP) is 1.18. The summed E-state index contributed by atoms with van der Waals surface area (Å²) in [5.41, 5.74) is 0.0812. The molecule has 6 nitrogen and oxygen atoms in total. The van der Waals surface area contributed by atoms with Crippen molar-refractivity contribution in [1.29, 1.82) is 0 Å². The maximum absolute atomic E-state index is 12.0. The number of nitrogens with zero attached hydrogens (tertiary/aromatic N) is 2. The molecule has 2 N–H and O–H groups in total. The summed E-state index contributed by atoms with van der Waals surface area (Å²) in [6.45, 7) is 5.24. The van der Waals surface area contributed by atoms with Crippen LogP contribution in [-0.2, 0) is 6.54 Å². The van der Waals surface area contributed by atoms with Crippen LogP contribution in [0.1, 0.15) is 50.0 Å². The SMILES string of the molecule is CCCCn1nc(C(=O)NCCCC(C)CO)ccc1=O. The van der Waals surface area contributed by atoms with Crippen molar-refractivity contribution in [3.8, 4) is 0 Å². The third-order valence-corrected chi connectivity index (χ3v) is 3.29. The molecule has 1 heterocycles. The summed E-state index contributed by atoms with van der Waals surface area (Å²) in [5, 5.41) is 15.8. The maximum atomic E-state index is 12.0. The molecule has 0 aliphatic carbocycles. The van der Waals surface area contributed by atoms with Crippen LogP contribution in [0.4, 0.5) is 0 Å². The molecule has 0 aliphatic rings. The fourth-order valence-corrected chi connectivity index (χ4v) is 1.87.